The van der Waals surface area contributed by atoms with Crippen LogP contribution < -0.4 is 5.32 Å². The van der Waals surface area contributed by atoms with Crippen molar-refractivity contribution in [1.82, 2.24) is 15.5 Å². The summed E-state index contributed by atoms with van der Waals surface area (Å²) >= 11 is 0. The van der Waals surface area contributed by atoms with Crippen molar-refractivity contribution in [1.29, 1.82) is 0 Å². The molecule has 0 radical (unpaired) electrons. The first-order valence-electron chi connectivity index (χ1n) is 5.83. The molecule has 4 nitrogen and oxygen atoms in total. The van der Waals surface area contributed by atoms with Crippen LogP contribution in [0.5, 0.6) is 0 Å². The van der Waals surface area contributed by atoms with Gasteiger partial charge >= 0.3 is 0 Å². The summed E-state index contributed by atoms with van der Waals surface area (Å²) in [5.74, 6) is 2.11. The predicted octanol–water partition coefficient (Wildman–Crippen LogP) is 1.88. The van der Waals surface area contributed by atoms with Crippen molar-refractivity contribution in [2.75, 3.05) is 7.05 Å². The SMILES string of the molecule is CCCc1nnc(C2CCC(NC)C2)o1. The van der Waals surface area contributed by atoms with Crippen LogP contribution in [0.2, 0.25) is 0 Å². The first-order valence-corrected chi connectivity index (χ1v) is 5.83. The van der Waals surface area contributed by atoms with Crippen LogP contribution in [-0.4, -0.2) is 23.3 Å². The maximum Gasteiger partial charge on any atom is 0.219 e. The number of hydrogen-bond donors (Lipinski definition) is 1. The predicted molar refractivity (Wildman–Crippen MR) is 57.7 cm³/mol. The van der Waals surface area contributed by atoms with E-state index >= 15 is 0 Å². The number of nitrogens with one attached hydrogen (secondary N) is 1. The molecule has 0 amide bonds. The summed E-state index contributed by atoms with van der Waals surface area (Å²) in [5.41, 5.74) is 0. The topological polar surface area (TPSA) is 51.0 Å². The van der Waals surface area contributed by atoms with Crippen LogP contribution in [0.1, 0.15) is 50.3 Å². The Hall–Kier alpha value is -0.900. The van der Waals surface area contributed by atoms with E-state index in [9.17, 15) is 0 Å². The van der Waals surface area contributed by atoms with E-state index in [-0.39, 0.29) is 0 Å². The van der Waals surface area contributed by atoms with Gasteiger partial charge in [-0.25, -0.2) is 0 Å². The molecule has 1 aliphatic rings. The second kappa shape index (κ2) is 4.75. The monoisotopic (exact) mass is 209 g/mol. The van der Waals surface area contributed by atoms with Gasteiger partial charge in [0.1, 0.15) is 0 Å². The fourth-order valence-corrected chi connectivity index (χ4v) is 2.21. The van der Waals surface area contributed by atoms with E-state index in [1.54, 1.807) is 0 Å². The van der Waals surface area contributed by atoms with E-state index < -0.39 is 0 Å². The second-order valence-corrected chi connectivity index (χ2v) is 4.28. The van der Waals surface area contributed by atoms with Crippen molar-refractivity contribution >= 4 is 0 Å². The van der Waals surface area contributed by atoms with E-state index in [2.05, 4.69) is 22.4 Å². The van der Waals surface area contributed by atoms with Gasteiger partial charge in [0.25, 0.3) is 0 Å². The van der Waals surface area contributed by atoms with Crippen LogP contribution in [0.4, 0.5) is 0 Å². The fourth-order valence-electron chi connectivity index (χ4n) is 2.21. The van der Waals surface area contributed by atoms with Crippen LogP contribution >= 0.6 is 0 Å². The highest BCUT2D eigenvalue weighted by Crippen LogP contribution is 2.33. The third kappa shape index (κ3) is 2.37. The van der Waals surface area contributed by atoms with Gasteiger partial charge in [-0.15, -0.1) is 10.2 Å². The minimum absolute atomic E-state index is 0.473. The van der Waals surface area contributed by atoms with Gasteiger partial charge in [0, 0.05) is 18.4 Å². The van der Waals surface area contributed by atoms with Crippen molar-refractivity contribution in [3.8, 4) is 0 Å². The van der Waals surface area contributed by atoms with Gasteiger partial charge in [-0.2, -0.15) is 0 Å². The van der Waals surface area contributed by atoms with Gasteiger partial charge in [-0.3, -0.25) is 0 Å². The molecule has 1 saturated carbocycles. The minimum atomic E-state index is 0.473. The molecular formula is C11H19N3O. The molecule has 2 unspecified atom stereocenters. The first kappa shape index (κ1) is 10.6. The zero-order valence-corrected chi connectivity index (χ0v) is 9.49. The number of hydrogen-bond acceptors (Lipinski definition) is 4. The zero-order valence-electron chi connectivity index (χ0n) is 9.49. The second-order valence-electron chi connectivity index (χ2n) is 4.28. The molecule has 84 valence electrons. The van der Waals surface area contributed by atoms with E-state index in [1.807, 2.05) is 7.05 Å². The molecule has 0 saturated heterocycles. The number of aromatic nitrogens is 2. The molecule has 1 aromatic heterocycles. The molecule has 0 aromatic carbocycles. The average Bonchev–Trinajstić information content (AvgIpc) is 2.85. The summed E-state index contributed by atoms with van der Waals surface area (Å²) in [6, 6.07) is 0.622. The number of rotatable bonds is 4. The lowest BCUT2D eigenvalue weighted by molar-refractivity contribution is 0.411. The highest BCUT2D eigenvalue weighted by Gasteiger charge is 2.28. The molecule has 1 N–H and O–H groups in total. The molecule has 4 heteroatoms. The van der Waals surface area contributed by atoms with Crippen LogP contribution in [0.25, 0.3) is 0 Å². The van der Waals surface area contributed by atoms with Crippen molar-refractivity contribution in [2.24, 2.45) is 0 Å². The average molecular weight is 209 g/mol. The third-order valence-electron chi connectivity index (χ3n) is 3.14. The van der Waals surface area contributed by atoms with Crippen LogP contribution in [-0.2, 0) is 6.42 Å². The highest BCUT2D eigenvalue weighted by molar-refractivity contribution is 4.98. The first-order chi connectivity index (χ1) is 7.33. The maximum absolute atomic E-state index is 5.65. The molecule has 1 aliphatic carbocycles. The molecule has 2 atom stereocenters. The van der Waals surface area contributed by atoms with E-state index in [1.165, 1.54) is 12.8 Å². The van der Waals surface area contributed by atoms with E-state index in [4.69, 9.17) is 4.42 Å². The molecule has 1 fully saturated rings. The largest absolute Gasteiger partial charge is 0.425 e. The molecule has 2 rings (SSSR count). The van der Waals surface area contributed by atoms with Crippen LogP contribution in [0, 0.1) is 0 Å². The van der Waals surface area contributed by atoms with Crippen LogP contribution in [0.3, 0.4) is 0 Å². The molecular weight excluding hydrogens is 190 g/mol. The van der Waals surface area contributed by atoms with Crippen molar-refractivity contribution in [3.05, 3.63) is 11.8 Å². The lowest BCUT2D eigenvalue weighted by atomic mass is 10.1. The van der Waals surface area contributed by atoms with E-state index in [0.717, 1.165) is 31.0 Å². The van der Waals surface area contributed by atoms with Gasteiger partial charge in [-0.05, 0) is 32.7 Å². The molecule has 0 bridgehead atoms. The number of nitrogens with zero attached hydrogens (tertiary/aromatic N) is 2. The Morgan fingerprint density at radius 2 is 2.27 bits per heavy atom. The number of aryl methyl sites for hydroxylation is 1. The normalized spacial score (nSPS) is 26.0. The summed E-state index contributed by atoms with van der Waals surface area (Å²) in [6.07, 6.45) is 5.47. The summed E-state index contributed by atoms with van der Waals surface area (Å²) in [7, 11) is 2.02. The fraction of sp³-hybridized carbons (Fsp3) is 0.818. The van der Waals surface area contributed by atoms with Crippen molar-refractivity contribution in [2.45, 2.75) is 51.0 Å². The van der Waals surface area contributed by atoms with Crippen LogP contribution in [0.15, 0.2) is 4.42 Å². The zero-order chi connectivity index (χ0) is 10.7. The molecule has 1 aromatic rings. The standard InChI is InChI=1S/C11H19N3O/c1-3-4-10-13-14-11(15-10)8-5-6-9(7-8)12-2/h8-9,12H,3-7H2,1-2H3. The Kier molecular flexibility index (Phi) is 3.36. The van der Waals surface area contributed by atoms with Gasteiger partial charge in [0.15, 0.2) is 0 Å². The molecule has 15 heavy (non-hydrogen) atoms. The molecule has 0 aliphatic heterocycles. The van der Waals surface area contributed by atoms with Gasteiger partial charge in [0.2, 0.25) is 11.8 Å². The summed E-state index contributed by atoms with van der Waals surface area (Å²) in [4.78, 5) is 0. The third-order valence-corrected chi connectivity index (χ3v) is 3.14. The lowest BCUT2D eigenvalue weighted by Gasteiger charge is -2.06. The molecule has 0 spiro atoms. The quantitative estimate of drug-likeness (QED) is 0.822. The molecule has 1 heterocycles. The van der Waals surface area contributed by atoms with Gasteiger partial charge < -0.3 is 9.73 Å². The van der Waals surface area contributed by atoms with E-state index in [0.29, 0.717) is 12.0 Å². The Balaban J connectivity index is 1.97. The summed E-state index contributed by atoms with van der Waals surface area (Å²) < 4.78 is 5.65. The smallest absolute Gasteiger partial charge is 0.219 e. The Bertz CT molecular complexity index is 311. The minimum Gasteiger partial charge on any atom is -0.425 e. The van der Waals surface area contributed by atoms with Gasteiger partial charge in [0.05, 0.1) is 0 Å². The van der Waals surface area contributed by atoms with Gasteiger partial charge in [-0.1, -0.05) is 6.92 Å². The Morgan fingerprint density at radius 1 is 1.40 bits per heavy atom. The van der Waals surface area contributed by atoms with Crippen molar-refractivity contribution in [3.63, 3.8) is 0 Å². The summed E-state index contributed by atoms with van der Waals surface area (Å²) in [5, 5.41) is 11.5. The lowest BCUT2D eigenvalue weighted by Crippen LogP contribution is -2.21. The summed E-state index contributed by atoms with van der Waals surface area (Å²) in [6.45, 7) is 2.12. The Labute approximate surface area is 90.5 Å². The maximum atomic E-state index is 5.65. The van der Waals surface area contributed by atoms with Crippen molar-refractivity contribution < 1.29 is 4.42 Å². The highest BCUT2D eigenvalue weighted by atomic mass is 16.4. The Morgan fingerprint density at radius 3 is 2.93 bits per heavy atom.